The fourth-order valence-electron chi connectivity index (χ4n) is 3.96. The van der Waals surface area contributed by atoms with Crippen molar-refractivity contribution in [1.82, 2.24) is 14.2 Å². The number of fused-ring (bicyclic) bond motifs is 1. The standard InChI is InChI=1S/C22H25N3O5S/c1-16(25-19-9-5-6-10-20(19)30-22(25)27)21(26)23-15-17-11-13-24(14-12-17)31(28,29)18-7-3-2-4-8-18/h2-10,16-17H,11-15H2,1H3,(H,23,26). The second kappa shape index (κ2) is 8.68. The number of oxazole rings is 1. The highest BCUT2D eigenvalue weighted by atomic mass is 32.2. The van der Waals surface area contributed by atoms with Gasteiger partial charge in [0.15, 0.2) is 5.58 Å². The maximum Gasteiger partial charge on any atom is 0.420 e. The Balaban J connectivity index is 1.34. The normalized spacial score (nSPS) is 16.9. The highest BCUT2D eigenvalue weighted by molar-refractivity contribution is 7.89. The van der Waals surface area contributed by atoms with E-state index in [2.05, 4.69) is 5.32 Å². The van der Waals surface area contributed by atoms with Gasteiger partial charge in [0.2, 0.25) is 15.9 Å². The largest absolute Gasteiger partial charge is 0.420 e. The molecular weight excluding hydrogens is 418 g/mol. The molecule has 0 bridgehead atoms. The van der Waals surface area contributed by atoms with Gasteiger partial charge < -0.3 is 9.73 Å². The first-order valence-corrected chi connectivity index (χ1v) is 11.7. The highest BCUT2D eigenvalue weighted by Gasteiger charge is 2.30. The van der Waals surface area contributed by atoms with E-state index in [0.717, 1.165) is 0 Å². The summed E-state index contributed by atoms with van der Waals surface area (Å²) in [7, 11) is -3.49. The van der Waals surface area contributed by atoms with E-state index in [-0.39, 0.29) is 11.8 Å². The number of nitrogens with one attached hydrogen (secondary N) is 1. The number of hydrogen-bond acceptors (Lipinski definition) is 5. The van der Waals surface area contributed by atoms with Crippen LogP contribution >= 0.6 is 0 Å². The third kappa shape index (κ3) is 4.28. The van der Waals surface area contributed by atoms with Gasteiger partial charge in [0.05, 0.1) is 10.4 Å². The number of nitrogens with zero attached hydrogens (tertiary/aromatic N) is 2. The lowest BCUT2D eigenvalue weighted by Crippen LogP contribution is -2.42. The van der Waals surface area contributed by atoms with E-state index in [1.165, 1.54) is 8.87 Å². The monoisotopic (exact) mass is 443 g/mol. The smallest absolute Gasteiger partial charge is 0.408 e. The molecule has 31 heavy (non-hydrogen) atoms. The summed E-state index contributed by atoms with van der Waals surface area (Å²) in [6.07, 6.45) is 1.32. The topological polar surface area (TPSA) is 102 Å². The van der Waals surface area contributed by atoms with Crippen LogP contribution < -0.4 is 11.1 Å². The molecule has 1 aliphatic heterocycles. The van der Waals surface area contributed by atoms with Crippen LogP contribution in [0, 0.1) is 5.92 Å². The van der Waals surface area contributed by atoms with Crippen LogP contribution in [0.15, 0.2) is 68.7 Å². The summed E-state index contributed by atoms with van der Waals surface area (Å²) in [4.78, 5) is 25.2. The first-order valence-electron chi connectivity index (χ1n) is 10.3. The zero-order valence-electron chi connectivity index (χ0n) is 17.2. The summed E-state index contributed by atoms with van der Waals surface area (Å²) in [5.74, 6) is -0.660. The van der Waals surface area contributed by atoms with Gasteiger partial charge in [0, 0.05) is 19.6 Å². The maximum absolute atomic E-state index is 12.7. The number of piperidine rings is 1. The SMILES string of the molecule is CC(C(=O)NCC1CCN(S(=O)(=O)c2ccccc2)CC1)n1c(=O)oc2ccccc21. The molecule has 1 fully saturated rings. The van der Waals surface area contributed by atoms with Crippen molar-refractivity contribution in [1.29, 1.82) is 0 Å². The predicted octanol–water partition coefficient (Wildman–Crippen LogP) is 2.37. The molecule has 1 aliphatic rings. The molecule has 0 spiro atoms. The molecule has 0 aliphatic carbocycles. The molecule has 8 nitrogen and oxygen atoms in total. The van der Waals surface area contributed by atoms with Gasteiger partial charge >= 0.3 is 5.76 Å². The summed E-state index contributed by atoms with van der Waals surface area (Å²) in [5.41, 5.74) is 1.02. The summed E-state index contributed by atoms with van der Waals surface area (Å²) < 4.78 is 33.5. The number of aromatic nitrogens is 1. The van der Waals surface area contributed by atoms with E-state index in [4.69, 9.17) is 4.42 Å². The van der Waals surface area contributed by atoms with Gasteiger partial charge in [-0.3, -0.25) is 9.36 Å². The van der Waals surface area contributed by atoms with Crippen LogP contribution in [-0.4, -0.2) is 42.8 Å². The number of amides is 1. The van der Waals surface area contributed by atoms with Crippen molar-refractivity contribution in [2.45, 2.75) is 30.7 Å². The van der Waals surface area contributed by atoms with Gasteiger partial charge in [-0.1, -0.05) is 30.3 Å². The summed E-state index contributed by atoms with van der Waals surface area (Å²) in [5, 5.41) is 2.91. The van der Waals surface area contributed by atoms with Crippen LogP contribution in [0.1, 0.15) is 25.8 Å². The molecule has 164 valence electrons. The number of para-hydroxylation sites is 2. The first kappa shape index (κ1) is 21.3. The lowest BCUT2D eigenvalue weighted by atomic mass is 9.98. The van der Waals surface area contributed by atoms with E-state index in [1.54, 1.807) is 61.5 Å². The Bertz CT molecular complexity index is 1220. The molecule has 1 atom stereocenters. The van der Waals surface area contributed by atoms with E-state index < -0.39 is 21.8 Å². The highest BCUT2D eigenvalue weighted by Crippen LogP contribution is 2.23. The number of carbonyl (C=O) groups excluding carboxylic acids is 1. The summed E-state index contributed by atoms with van der Waals surface area (Å²) in [6.45, 7) is 2.93. The molecule has 9 heteroatoms. The Labute approximate surface area is 180 Å². The number of hydrogen-bond donors (Lipinski definition) is 1. The predicted molar refractivity (Wildman–Crippen MR) is 116 cm³/mol. The van der Waals surface area contributed by atoms with Gasteiger partial charge in [0.25, 0.3) is 0 Å². The van der Waals surface area contributed by atoms with Gasteiger partial charge in [-0.15, -0.1) is 0 Å². The summed E-state index contributed by atoms with van der Waals surface area (Å²) >= 11 is 0. The second-order valence-corrected chi connectivity index (χ2v) is 9.73. The van der Waals surface area contributed by atoms with Crippen LogP contribution in [-0.2, 0) is 14.8 Å². The molecule has 0 radical (unpaired) electrons. The van der Waals surface area contributed by atoms with Crippen molar-refractivity contribution in [2.75, 3.05) is 19.6 Å². The number of rotatable bonds is 6. The fourth-order valence-corrected chi connectivity index (χ4v) is 5.45. The minimum Gasteiger partial charge on any atom is -0.408 e. The van der Waals surface area contributed by atoms with Crippen LogP contribution in [0.25, 0.3) is 11.1 Å². The number of carbonyl (C=O) groups is 1. The average molecular weight is 444 g/mol. The molecule has 1 N–H and O–H groups in total. The maximum atomic E-state index is 12.7. The van der Waals surface area contributed by atoms with Crippen molar-refractivity contribution >= 4 is 27.0 Å². The molecule has 1 saturated heterocycles. The van der Waals surface area contributed by atoms with Gasteiger partial charge in [-0.05, 0) is 49.9 Å². The first-order chi connectivity index (χ1) is 14.9. The Morgan fingerprint density at radius 2 is 1.74 bits per heavy atom. The second-order valence-electron chi connectivity index (χ2n) is 7.79. The Hall–Kier alpha value is -2.91. The van der Waals surface area contributed by atoms with Crippen molar-refractivity contribution in [3.8, 4) is 0 Å². The molecule has 1 unspecified atom stereocenters. The lowest BCUT2D eigenvalue weighted by Gasteiger charge is -2.31. The lowest BCUT2D eigenvalue weighted by molar-refractivity contribution is -0.124. The molecule has 1 amide bonds. The quantitative estimate of drug-likeness (QED) is 0.630. The minimum absolute atomic E-state index is 0.177. The fraction of sp³-hybridized carbons (Fsp3) is 0.364. The third-order valence-electron chi connectivity index (χ3n) is 5.80. The van der Waals surface area contributed by atoms with Crippen molar-refractivity contribution in [2.24, 2.45) is 5.92 Å². The molecule has 3 aromatic rings. The van der Waals surface area contributed by atoms with Crippen LogP contribution in [0.3, 0.4) is 0 Å². The van der Waals surface area contributed by atoms with E-state index in [1.807, 2.05) is 0 Å². The molecule has 2 heterocycles. The molecular formula is C22H25N3O5S. The zero-order valence-corrected chi connectivity index (χ0v) is 18.0. The average Bonchev–Trinajstić information content (AvgIpc) is 3.13. The van der Waals surface area contributed by atoms with Crippen LogP contribution in [0.2, 0.25) is 0 Å². The van der Waals surface area contributed by atoms with E-state index >= 15 is 0 Å². The Morgan fingerprint density at radius 1 is 1.10 bits per heavy atom. The van der Waals surface area contributed by atoms with Crippen LogP contribution in [0.5, 0.6) is 0 Å². The third-order valence-corrected chi connectivity index (χ3v) is 7.72. The van der Waals surface area contributed by atoms with Crippen molar-refractivity contribution < 1.29 is 17.6 Å². The Morgan fingerprint density at radius 3 is 2.45 bits per heavy atom. The van der Waals surface area contributed by atoms with Crippen molar-refractivity contribution in [3.63, 3.8) is 0 Å². The number of sulfonamides is 1. The minimum atomic E-state index is -3.49. The van der Waals surface area contributed by atoms with Crippen molar-refractivity contribution in [3.05, 3.63) is 65.1 Å². The zero-order chi connectivity index (χ0) is 22.0. The molecule has 2 aromatic carbocycles. The van der Waals surface area contributed by atoms with Gasteiger partial charge in [-0.2, -0.15) is 4.31 Å². The Kier molecular flexibility index (Phi) is 5.97. The molecule has 4 rings (SSSR count). The summed E-state index contributed by atoms with van der Waals surface area (Å²) in [6, 6.07) is 14.7. The molecule has 0 saturated carbocycles. The van der Waals surface area contributed by atoms with Gasteiger partial charge in [0.1, 0.15) is 6.04 Å². The van der Waals surface area contributed by atoms with E-state index in [9.17, 15) is 18.0 Å². The van der Waals surface area contributed by atoms with Gasteiger partial charge in [-0.25, -0.2) is 13.2 Å². The van der Waals surface area contributed by atoms with Crippen LogP contribution in [0.4, 0.5) is 0 Å². The number of benzene rings is 2. The van der Waals surface area contributed by atoms with E-state index in [0.29, 0.717) is 48.5 Å². The molecule has 1 aromatic heterocycles.